The average molecular weight is 449 g/mol. The van der Waals surface area contributed by atoms with E-state index in [-0.39, 0.29) is 49.4 Å². The van der Waals surface area contributed by atoms with E-state index < -0.39 is 25.4 Å². The molecule has 1 aliphatic heterocycles. The van der Waals surface area contributed by atoms with Gasteiger partial charge in [-0.2, -0.15) is 0 Å². The van der Waals surface area contributed by atoms with Crippen molar-refractivity contribution < 1.29 is 32.8 Å². The van der Waals surface area contributed by atoms with Gasteiger partial charge in [-0.1, -0.05) is 12.1 Å². The molecule has 31 heavy (non-hydrogen) atoms. The van der Waals surface area contributed by atoms with E-state index in [1.165, 1.54) is 24.3 Å². The van der Waals surface area contributed by atoms with Crippen molar-refractivity contribution in [2.75, 3.05) is 13.2 Å². The zero-order chi connectivity index (χ0) is 22.4. The fourth-order valence-electron chi connectivity index (χ4n) is 2.67. The molecule has 2 aromatic rings. The van der Waals surface area contributed by atoms with Gasteiger partial charge in [0.25, 0.3) is 11.8 Å². The van der Waals surface area contributed by atoms with Crippen LogP contribution in [0.4, 0.5) is 0 Å². The minimum Gasteiger partial charge on any atom is -0.325 e. The van der Waals surface area contributed by atoms with Crippen LogP contribution >= 0.6 is 7.60 Å². The van der Waals surface area contributed by atoms with Crippen LogP contribution in [-0.4, -0.2) is 56.5 Å². The second kappa shape index (κ2) is 9.82. The van der Waals surface area contributed by atoms with E-state index in [2.05, 4.69) is 20.4 Å². The van der Waals surface area contributed by atoms with Crippen LogP contribution in [0.15, 0.2) is 24.3 Å². The summed E-state index contributed by atoms with van der Waals surface area (Å²) >= 11 is 0. The van der Waals surface area contributed by atoms with Crippen molar-refractivity contribution in [3.05, 3.63) is 35.7 Å². The van der Waals surface area contributed by atoms with Crippen molar-refractivity contribution in [3.8, 4) is 11.4 Å². The monoisotopic (exact) mass is 449 g/mol. The Kier molecular flexibility index (Phi) is 7.16. The number of rotatable bonds is 9. The first kappa shape index (κ1) is 22.6. The van der Waals surface area contributed by atoms with E-state index in [1.54, 1.807) is 13.8 Å². The summed E-state index contributed by atoms with van der Waals surface area (Å²) in [6.45, 7) is 3.83. The molecule has 0 radical (unpaired) electrons. The van der Waals surface area contributed by atoms with Crippen LogP contribution in [0, 0.1) is 0 Å². The molecule has 1 fully saturated rings. The molecule has 1 aromatic heterocycles. The summed E-state index contributed by atoms with van der Waals surface area (Å²) in [5, 5.41) is 16.2. The summed E-state index contributed by atoms with van der Waals surface area (Å²) in [6.07, 6.45) is -0.125. The second-order valence-corrected chi connectivity index (χ2v) is 8.34. The van der Waals surface area contributed by atoms with Crippen molar-refractivity contribution in [1.29, 1.82) is 0 Å². The minimum absolute atomic E-state index is 0.0168. The van der Waals surface area contributed by atoms with Crippen molar-refractivity contribution in [2.24, 2.45) is 0 Å². The third-order valence-corrected chi connectivity index (χ3v) is 6.04. The van der Waals surface area contributed by atoms with E-state index in [1.807, 2.05) is 0 Å². The summed E-state index contributed by atoms with van der Waals surface area (Å²) in [7, 11) is -3.38. The zero-order valence-electron chi connectivity index (χ0n) is 16.9. The molecule has 0 spiro atoms. The molecule has 2 amide bonds. The first-order valence-electron chi connectivity index (χ1n) is 9.48. The number of amides is 2. The molecule has 0 saturated carbocycles. The van der Waals surface area contributed by atoms with Crippen LogP contribution in [0.3, 0.4) is 0 Å². The zero-order valence-corrected chi connectivity index (χ0v) is 17.8. The topological polar surface area (TPSA) is 151 Å². The Morgan fingerprint density at radius 3 is 2.03 bits per heavy atom. The lowest BCUT2D eigenvalue weighted by Gasteiger charge is -2.15. The molecule has 164 valence electrons. The molecule has 1 aromatic carbocycles. The molecule has 1 aliphatic rings. The van der Waals surface area contributed by atoms with Crippen LogP contribution in [0.2, 0.25) is 0 Å². The van der Waals surface area contributed by atoms with Gasteiger partial charge < -0.3 is 13.9 Å². The number of nitrogens with zero attached hydrogens (tertiary/aromatic N) is 5. The molecule has 0 bridgehead atoms. The highest BCUT2D eigenvalue weighted by Crippen LogP contribution is 2.50. The van der Waals surface area contributed by atoms with E-state index in [4.69, 9.17) is 13.9 Å². The van der Waals surface area contributed by atoms with Gasteiger partial charge in [0.1, 0.15) is 6.16 Å². The predicted molar refractivity (Wildman–Crippen MR) is 104 cm³/mol. The smallest absolute Gasteiger partial charge is 0.325 e. The molecule has 0 unspecified atom stereocenters. The van der Waals surface area contributed by atoms with Crippen LogP contribution in [0.25, 0.3) is 11.4 Å². The van der Waals surface area contributed by atoms with Crippen molar-refractivity contribution in [1.82, 2.24) is 25.5 Å². The molecule has 3 rings (SSSR count). The number of carbonyl (C=O) groups excluding carboxylic acids is 3. The lowest BCUT2D eigenvalue weighted by Crippen LogP contribution is -2.32. The summed E-state index contributed by atoms with van der Waals surface area (Å²) in [5.74, 6) is -1.67. The van der Waals surface area contributed by atoms with Gasteiger partial charge in [0.05, 0.1) is 18.8 Å². The van der Waals surface area contributed by atoms with Gasteiger partial charge in [0.15, 0.2) is 5.82 Å². The fraction of sp³-hybridized carbons (Fsp3) is 0.389. The maximum absolute atomic E-state index is 12.5. The first-order chi connectivity index (χ1) is 14.8. The van der Waals surface area contributed by atoms with E-state index in [0.29, 0.717) is 10.6 Å². The minimum atomic E-state index is -3.38. The van der Waals surface area contributed by atoms with E-state index in [9.17, 15) is 18.9 Å². The standard InChI is InChI=1S/C18H20N5O7P/c1-3-28-31(27,29-4-2)11-14-19-21-17(22-20-14)12-5-7-13(8-6-12)18(26)30-23-15(24)9-10-16(23)25/h5-8H,3-4,9-11H2,1-2H3. The highest BCUT2D eigenvalue weighted by Gasteiger charge is 2.33. The maximum atomic E-state index is 12.5. The summed E-state index contributed by atoms with van der Waals surface area (Å²) in [6, 6.07) is 5.93. The lowest BCUT2D eigenvalue weighted by atomic mass is 10.1. The Morgan fingerprint density at radius 1 is 0.968 bits per heavy atom. The number of hydrogen-bond donors (Lipinski definition) is 0. The predicted octanol–water partition coefficient (Wildman–Crippen LogP) is 1.92. The Morgan fingerprint density at radius 2 is 1.52 bits per heavy atom. The van der Waals surface area contributed by atoms with Crippen molar-refractivity contribution in [3.63, 3.8) is 0 Å². The Hall–Kier alpha value is -3.08. The van der Waals surface area contributed by atoms with Gasteiger partial charge in [-0.25, -0.2) is 4.79 Å². The summed E-state index contributed by atoms with van der Waals surface area (Å²) < 4.78 is 22.9. The highest BCUT2D eigenvalue weighted by molar-refractivity contribution is 7.53. The van der Waals surface area contributed by atoms with Gasteiger partial charge in [0, 0.05) is 18.4 Å². The number of aromatic nitrogens is 4. The van der Waals surface area contributed by atoms with Gasteiger partial charge in [-0.15, -0.1) is 25.5 Å². The molecule has 2 heterocycles. The first-order valence-corrected chi connectivity index (χ1v) is 11.2. The number of hydroxylamine groups is 2. The molecule has 12 nitrogen and oxygen atoms in total. The SMILES string of the molecule is CCOP(=O)(Cc1nnc(-c2ccc(C(=O)ON3C(=O)CCC3=O)cc2)nn1)OCC. The van der Waals surface area contributed by atoms with E-state index >= 15 is 0 Å². The third-order valence-electron chi connectivity index (χ3n) is 4.07. The largest absolute Gasteiger partial charge is 0.363 e. The average Bonchev–Trinajstić information content (AvgIpc) is 3.06. The van der Waals surface area contributed by atoms with Gasteiger partial charge in [-0.05, 0) is 26.0 Å². The van der Waals surface area contributed by atoms with E-state index in [0.717, 1.165) is 0 Å². The van der Waals surface area contributed by atoms with Crippen LogP contribution in [-0.2, 0) is 34.2 Å². The van der Waals surface area contributed by atoms with Crippen LogP contribution in [0.5, 0.6) is 0 Å². The summed E-state index contributed by atoms with van der Waals surface area (Å²) in [4.78, 5) is 40.1. The number of benzene rings is 1. The maximum Gasteiger partial charge on any atom is 0.363 e. The quantitative estimate of drug-likeness (QED) is 0.408. The highest BCUT2D eigenvalue weighted by atomic mass is 31.2. The van der Waals surface area contributed by atoms with Gasteiger partial charge in [0.2, 0.25) is 5.82 Å². The van der Waals surface area contributed by atoms with Gasteiger partial charge in [-0.3, -0.25) is 14.2 Å². The number of imide groups is 1. The van der Waals surface area contributed by atoms with Crippen molar-refractivity contribution >= 4 is 25.4 Å². The summed E-state index contributed by atoms with van der Waals surface area (Å²) in [5.41, 5.74) is 0.636. The third kappa shape index (κ3) is 5.54. The molecule has 0 N–H and O–H groups in total. The molecule has 0 atom stereocenters. The second-order valence-electron chi connectivity index (χ2n) is 6.28. The fourth-order valence-corrected chi connectivity index (χ4v) is 4.19. The normalized spacial score (nSPS) is 14.2. The molecule has 13 heteroatoms. The molecule has 1 saturated heterocycles. The Balaban J connectivity index is 1.67. The molecule has 0 aliphatic carbocycles. The lowest BCUT2D eigenvalue weighted by molar-refractivity contribution is -0.172. The van der Waals surface area contributed by atoms with Crippen molar-refractivity contribution in [2.45, 2.75) is 32.9 Å². The van der Waals surface area contributed by atoms with Crippen LogP contribution < -0.4 is 0 Å². The molecular formula is C18H20N5O7P. The van der Waals surface area contributed by atoms with Crippen LogP contribution in [0.1, 0.15) is 42.9 Å². The number of carbonyl (C=O) groups is 3. The Bertz CT molecular complexity index is 987. The van der Waals surface area contributed by atoms with Gasteiger partial charge >= 0.3 is 13.6 Å². The number of hydrogen-bond acceptors (Lipinski definition) is 11. The molecular weight excluding hydrogens is 429 g/mol. The Labute approximate surface area is 177 Å².